The lowest BCUT2D eigenvalue weighted by atomic mass is 9.82. The van der Waals surface area contributed by atoms with Gasteiger partial charge in [-0.1, -0.05) is 162 Å². The summed E-state index contributed by atoms with van der Waals surface area (Å²) < 4.78 is 0. The van der Waals surface area contributed by atoms with Gasteiger partial charge in [-0.3, -0.25) is 19.2 Å². The molecule has 0 saturated carbocycles. The number of hydrogen-bond donors (Lipinski definition) is 12. The monoisotopic (exact) mass is 1880 g/mol. The third-order valence-electron chi connectivity index (χ3n) is 27.1. The topological polar surface area (TPSA) is 323 Å². The summed E-state index contributed by atoms with van der Waals surface area (Å²) in [6, 6.07) is 0. The number of phenols is 4. The molecular formula is C119H194N2O14. The lowest BCUT2D eigenvalue weighted by Crippen LogP contribution is -2.26. The molecule has 2 aromatic carbocycles. The van der Waals surface area contributed by atoms with E-state index in [1.807, 2.05) is 76.2 Å². The minimum Gasteiger partial charge on any atom is -0.507 e. The van der Waals surface area contributed by atoms with E-state index in [1.165, 1.54) is 55.7 Å². The van der Waals surface area contributed by atoms with Gasteiger partial charge in [0.05, 0.1) is 35.6 Å². The third kappa shape index (κ3) is 50.3. The van der Waals surface area contributed by atoms with E-state index >= 15 is 0 Å². The van der Waals surface area contributed by atoms with Crippen LogP contribution in [0.25, 0.3) is 0 Å². The lowest BCUT2D eigenvalue weighted by molar-refractivity contribution is -0.116. The number of phenolic OH excluding ortho intramolecular Hbond substituents is 4. The summed E-state index contributed by atoms with van der Waals surface area (Å²) in [6.45, 7) is 55.3. The van der Waals surface area contributed by atoms with Crippen LogP contribution in [0.15, 0.2) is 184 Å². The van der Waals surface area contributed by atoms with E-state index < -0.39 is 22.4 Å². The van der Waals surface area contributed by atoms with Gasteiger partial charge >= 0.3 is 0 Å². The molecular weight excluding hydrogens is 1680 g/mol. The summed E-state index contributed by atoms with van der Waals surface area (Å²) in [7, 11) is 0. The van der Waals surface area contributed by atoms with E-state index in [0.29, 0.717) is 168 Å². The van der Waals surface area contributed by atoms with Gasteiger partial charge in [0.1, 0.15) is 23.0 Å². The summed E-state index contributed by atoms with van der Waals surface area (Å²) in [6.07, 6.45) is 52.8. The van der Waals surface area contributed by atoms with E-state index in [4.69, 9.17) is 21.7 Å². The minimum atomic E-state index is -0.881. The Morgan fingerprint density at radius 3 is 0.630 bits per heavy atom. The molecule has 0 aromatic heterocycles. The minimum absolute atomic E-state index is 0. The van der Waals surface area contributed by atoms with Gasteiger partial charge in [-0.05, 0) is 433 Å². The number of carbonyl (C=O) groups excluding carboxylic acids is 4. The van der Waals surface area contributed by atoms with E-state index in [-0.39, 0.29) is 81.6 Å². The second-order valence-electron chi connectivity index (χ2n) is 39.9. The molecule has 0 spiro atoms. The molecule has 0 radical (unpaired) electrons. The van der Waals surface area contributed by atoms with E-state index in [1.54, 1.807) is 48.5 Å². The maximum Gasteiger partial charge on any atom is 0.185 e. The molecule has 764 valence electrons. The number of carbonyl (C=O) groups is 4. The molecule has 2 aliphatic carbocycles. The molecule has 4 rings (SSSR count). The van der Waals surface area contributed by atoms with Crippen LogP contribution in [0.5, 0.6) is 23.0 Å². The number of benzene rings is 2. The highest BCUT2D eigenvalue weighted by atomic mass is 16.3. The van der Waals surface area contributed by atoms with E-state index in [9.17, 15) is 60.0 Å². The summed E-state index contributed by atoms with van der Waals surface area (Å²) in [4.78, 5) is 49.8. The first-order valence-corrected chi connectivity index (χ1v) is 48.9. The standard InChI is InChI=1S/C29H47NO3.C29H45NO3.C29H46O4.C29H44O4.3CH4/c4*1-20(13-9-14-22(3)19-30)11-8-12-21(2)15-10-17-29(7,33)18-16-26-25(6)27(31)23(4)24(5)28(26)32;;;/h11,14-15,31-33H,8-10,12-13,16-19,30H2,1-7H3;11,14-15,33H,8-10,12-13,16-19,30H2,1-7H3;11,14-15,30-33H,8-10,12-13,16-19H2,1-7H3;11,14-15,30,33H,8-10,12-13,16-19H2,1-7H3;3*1H4/b4*20-11+,21-15+,22-14+;;;. The Morgan fingerprint density at radius 2 is 0.422 bits per heavy atom. The molecule has 4 atom stereocenters. The van der Waals surface area contributed by atoms with Crippen LogP contribution < -0.4 is 11.5 Å². The molecule has 0 heterocycles. The largest absolute Gasteiger partial charge is 0.507 e. The van der Waals surface area contributed by atoms with Gasteiger partial charge in [0.25, 0.3) is 0 Å². The summed E-state index contributed by atoms with van der Waals surface area (Å²) in [5.41, 5.74) is 33.3. The Kier molecular flexibility index (Phi) is 64.4. The number of aromatic hydroxyl groups is 4. The maximum absolute atomic E-state index is 12.6. The Balaban J connectivity index is -0.00000171. The first-order chi connectivity index (χ1) is 61.6. The second kappa shape index (κ2) is 66.4. The number of Topliss-reactive ketones (excluding diaryl/α,β-unsaturated/α-hetero) is 4. The number of ketones is 4. The van der Waals surface area contributed by atoms with Gasteiger partial charge in [0, 0.05) is 68.8 Å². The highest BCUT2D eigenvalue weighted by Gasteiger charge is 2.33. The van der Waals surface area contributed by atoms with Crippen LogP contribution in [-0.2, 0) is 32.0 Å². The molecule has 16 nitrogen and oxygen atoms in total. The Labute approximate surface area is 822 Å². The zero-order valence-corrected chi connectivity index (χ0v) is 87.6. The lowest BCUT2D eigenvalue weighted by Gasteiger charge is -2.25. The Bertz CT molecular complexity index is 4320. The van der Waals surface area contributed by atoms with Crippen LogP contribution in [0.3, 0.4) is 0 Å². The van der Waals surface area contributed by atoms with Crippen molar-refractivity contribution >= 4 is 23.1 Å². The fraction of sp³-hybridized carbons (Fsp3) is 0.597. The van der Waals surface area contributed by atoms with Crippen molar-refractivity contribution in [2.45, 2.75) is 444 Å². The van der Waals surface area contributed by atoms with Crippen molar-refractivity contribution in [3.05, 3.63) is 229 Å². The first-order valence-electron chi connectivity index (χ1n) is 48.9. The van der Waals surface area contributed by atoms with Gasteiger partial charge in [-0.25, -0.2) is 0 Å². The quantitative estimate of drug-likeness (QED) is 0.0166. The fourth-order valence-corrected chi connectivity index (χ4v) is 16.0. The van der Waals surface area contributed by atoms with Crippen LogP contribution >= 0.6 is 0 Å². The zero-order chi connectivity index (χ0) is 101. The molecule has 4 unspecified atom stereocenters. The molecule has 2 aromatic rings. The van der Waals surface area contributed by atoms with Crippen molar-refractivity contribution in [2.24, 2.45) is 11.5 Å². The molecule has 14 N–H and O–H groups in total. The number of nitrogens with two attached hydrogens (primary N) is 2. The van der Waals surface area contributed by atoms with Crippen LogP contribution in [-0.4, -0.2) is 123 Å². The average molecular weight is 1880 g/mol. The highest BCUT2D eigenvalue weighted by Crippen LogP contribution is 2.41. The van der Waals surface area contributed by atoms with Crippen LogP contribution in [0.4, 0.5) is 0 Å². The van der Waals surface area contributed by atoms with Crippen molar-refractivity contribution in [2.75, 3.05) is 26.3 Å². The number of hydrogen-bond acceptors (Lipinski definition) is 16. The van der Waals surface area contributed by atoms with Crippen molar-refractivity contribution in [1.29, 1.82) is 0 Å². The number of allylic oxidation sites excluding steroid dienone is 28. The smallest absolute Gasteiger partial charge is 0.185 e. The van der Waals surface area contributed by atoms with Crippen molar-refractivity contribution in [1.82, 2.24) is 0 Å². The van der Waals surface area contributed by atoms with Crippen molar-refractivity contribution in [3.8, 4) is 23.0 Å². The predicted molar refractivity (Wildman–Crippen MR) is 576 cm³/mol. The van der Waals surface area contributed by atoms with Gasteiger partial charge in [0.2, 0.25) is 0 Å². The molecule has 135 heavy (non-hydrogen) atoms. The maximum atomic E-state index is 12.6. The van der Waals surface area contributed by atoms with Crippen LogP contribution in [0.1, 0.15) is 412 Å². The molecule has 2 aliphatic rings. The molecule has 0 amide bonds. The van der Waals surface area contributed by atoms with E-state index in [2.05, 4.69) is 142 Å². The molecule has 0 bridgehead atoms. The SMILES string of the molecule is C.C.C.C/C(=C\CC/C(C)=C/CC/C(C)=C/CCC(C)(O)CCc1c(C)c(O)c(C)c(C)c1O)CN.C/C(=C\CC/C(C)=C/CC/C(C)=C/CCC(C)(O)CCc1c(C)c(O)c(C)c(C)c1O)CO.CC1=C(C)C(=O)C(CCC(C)(O)CC/C=C(\C)CC/C=C(\C)CC/C=C(\C)CN)=C(C)C1=O.CC1=C(C)C(=O)C(CCC(C)(O)CC/C=C(\C)CC/C=C(\C)CC/C=C(\C)CO)=C(C)C1=O. The Morgan fingerprint density at radius 1 is 0.244 bits per heavy atom. The zero-order valence-electron chi connectivity index (χ0n) is 87.6. The number of aliphatic hydroxyl groups is 6. The van der Waals surface area contributed by atoms with Gasteiger partial charge in [-0.15, -0.1) is 0 Å². The van der Waals surface area contributed by atoms with E-state index in [0.717, 1.165) is 151 Å². The number of rotatable bonds is 52. The van der Waals surface area contributed by atoms with Crippen molar-refractivity contribution in [3.63, 3.8) is 0 Å². The predicted octanol–water partition coefficient (Wildman–Crippen LogP) is 28.6. The summed E-state index contributed by atoms with van der Waals surface area (Å²) in [5, 5.41) is 103. The fourth-order valence-electron chi connectivity index (χ4n) is 16.0. The molecule has 0 saturated heterocycles. The second-order valence-corrected chi connectivity index (χ2v) is 39.9. The molecule has 0 fully saturated rings. The normalized spacial score (nSPS) is 16.4. The van der Waals surface area contributed by atoms with Gasteiger partial charge < -0.3 is 62.5 Å². The molecule has 0 aliphatic heterocycles. The van der Waals surface area contributed by atoms with Crippen molar-refractivity contribution < 1.29 is 70.2 Å². The summed E-state index contributed by atoms with van der Waals surface area (Å²) >= 11 is 0. The first kappa shape index (κ1) is 131. The average Bonchev–Trinajstić information content (AvgIpc) is 0.812. The Hall–Kier alpha value is -8.16. The van der Waals surface area contributed by atoms with Gasteiger partial charge in [-0.2, -0.15) is 0 Å². The van der Waals surface area contributed by atoms with Gasteiger partial charge in [0.15, 0.2) is 23.1 Å². The summed E-state index contributed by atoms with van der Waals surface area (Å²) in [5.74, 6) is 0.738. The number of aliphatic hydroxyl groups excluding tert-OH is 2. The van der Waals surface area contributed by atoms with Crippen LogP contribution in [0.2, 0.25) is 0 Å². The molecule has 16 heteroatoms. The highest BCUT2D eigenvalue weighted by molar-refractivity contribution is 6.25. The van der Waals surface area contributed by atoms with Crippen LogP contribution in [0, 0.1) is 41.5 Å². The third-order valence-corrected chi connectivity index (χ3v) is 27.1.